The first kappa shape index (κ1) is 28.1. The lowest BCUT2D eigenvalue weighted by Gasteiger charge is -2.12. The lowest BCUT2D eigenvalue weighted by Crippen LogP contribution is -2.02. The van der Waals surface area contributed by atoms with Crippen LogP contribution in [0.3, 0.4) is 0 Å². The topological polar surface area (TPSA) is 67.4 Å². The summed E-state index contributed by atoms with van der Waals surface area (Å²) in [4.78, 5) is 14.6. The number of hydrogen-bond donors (Lipinski definition) is 0. The Hall–Kier alpha value is -6.38. The van der Waals surface area contributed by atoms with Crippen LogP contribution in [0.2, 0.25) is 0 Å². The van der Waals surface area contributed by atoms with Gasteiger partial charge in [-0.05, 0) is 61.4 Å². The van der Waals surface area contributed by atoms with Crippen molar-refractivity contribution in [3.63, 3.8) is 0 Å². The van der Waals surface area contributed by atoms with Gasteiger partial charge in [-0.2, -0.15) is 5.26 Å². The van der Waals surface area contributed by atoms with Gasteiger partial charge in [-0.25, -0.2) is 15.0 Å². The molecular formula is C42H29N5. The van der Waals surface area contributed by atoms with Crippen LogP contribution >= 0.6 is 0 Å². The van der Waals surface area contributed by atoms with Gasteiger partial charge in [0.1, 0.15) is 0 Å². The number of para-hydroxylation sites is 1. The zero-order valence-electron chi connectivity index (χ0n) is 26.0. The maximum Gasteiger partial charge on any atom is 0.165 e. The zero-order chi connectivity index (χ0) is 31.9. The molecule has 47 heavy (non-hydrogen) atoms. The molecule has 0 unspecified atom stereocenters. The monoisotopic (exact) mass is 603 g/mol. The van der Waals surface area contributed by atoms with Crippen molar-refractivity contribution in [3.8, 4) is 57.0 Å². The molecule has 0 fully saturated rings. The normalized spacial score (nSPS) is 11.2. The highest BCUT2D eigenvalue weighted by molar-refractivity contribution is 6.10. The first-order chi connectivity index (χ1) is 23.1. The van der Waals surface area contributed by atoms with Crippen molar-refractivity contribution in [2.45, 2.75) is 13.8 Å². The molecule has 8 rings (SSSR count). The largest absolute Gasteiger partial charge is 0.309 e. The third-order valence-electron chi connectivity index (χ3n) is 8.55. The zero-order valence-corrected chi connectivity index (χ0v) is 26.0. The molecule has 0 saturated heterocycles. The van der Waals surface area contributed by atoms with Gasteiger partial charge in [0.25, 0.3) is 0 Å². The molecule has 0 amide bonds. The van der Waals surface area contributed by atoms with Crippen LogP contribution in [0.15, 0.2) is 140 Å². The van der Waals surface area contributed by atoms with Gasteiger partial charge in [-0.15, -0.1) is 0 Å². The van der Waals surface area contributed by atoms with Crippen LogP contribution < -0.4 is 0 Å². The lowest BCUT2D eigenvalue weighted by atomic mass is 9.99. The van der Waals surface area contributed by atoms with Crippen molar-refractivity contribution in [2.24, 2.45) is 0 Å². The van der Waals surface area contributed by atoms with Crippen molar-refractivity contribution >= 4 is 21.8 Å². The van der Waals surface area contributed by atoms with E-state index in [0.717, 1.165) is 38.6 Å². The molecule has 2 heterocycles. The SMILES string of the molecule is Cc1cc(C)cc(-c2ccc3c(c2)c2ccccc2n3-c2ccc(-c3nc(-c4ccccc4)nc(-c4ccccc4)n3)c(C#N)c2)c1. The quantitative estimate of drug-likeness (QED) is 0.196. The Labute approximate surface area is 273 Å². The van der Waals surface area contributed by atoms with E-state index in [1.165, 1.54) is 22.3 Å². The molecule has 0 atom stereocenters. The van der Waals surface area contributed by atoms with E-state index >= 15 is 0 Å². The van der Waals surface area contributed by atoms with Crippen LogP contribution in [-0.4, -0.2) is 19.5 Å². The van der Waals surface area contributed by atoms with Crippen LogP contribution in [0.25, 0.3) is 72.8 Å². The van der Waals surface area contributed by atoms with Crippen LogP contribution in [0.5, 0.6) is 0 Å². The minimum Gasteiger partial charge on any atom is -0.309 e. The van der Waals surface area contributed by atoms with Gasteiger partial charge < -0.3 is 4.57 Å². The minimum absolute atomic E-state index is 0.459. The van der Waals surface area contributed by atoms with Gasteiger partial charge in [0.2, 0.25) is 0 Å². The summed E-state index contributed by atoms with van der Waals surface area (Å²) in [7, 11) is 0. The summed E-state index contributed by atoms with van der Waals surface area (Å²) in [6.07, 6.45) is 0. The molecule has 222 valence electrons. The number of benzene rings is 6. The second-order valence-electron chi connectivity index (χ2n) is 11.8. The lowest BCUT2D eigenvalue weighted by molar-refractivity contribution is 1.07. The molecule has 0 radical (unpaired) electrons. The number of aryl methyl sites for hydroxylation is 2. The molecule has 0 saturated carbocycles. The van der Waals surface area contributed by atoms with Gasteiger partial charge in [0.05, 0.1) is 22.7 Å². The Balaban J connectivity index is 1.29. The van der Waals surface area contributed by atoms with E-state index < -0.39 is 0 Å². The molecule has 0 spiro atoms. The molecule has 5 heteroatoms. The van der Waals surface area contributed by atoms with Crippen LogP contribution in [-0.2, 0) is 0 Å². The Bertz CT molecular complexity index is 2410. The third kappa shape index (κ3) is 5.12. The Morgan fingerprint density at radius 1 is 0.489 bits per heavy atom. The van der Waals surface area contributed by atoms with E-state index in [1.54, 1.807) is 0 Å². The molecule has 0 aliphatic carbocycles. The van der Waals surface area contributed by atoms with Gasteiger partial charge in [0.15, 0.2) is 17.5 Å². The maximum absolute atomic E-state index is 10.5. The summed E-state index contributed by atoms with van der Waals surface area (Å²) in [5.74, 6) is 1.58. The number of nitrogens with zero attached hydrogens (tertiary/aromatic N) is 5. The molecule has 0 N–H and O–H groups in total. The number of aromatic nitrogens is 4. The van der Waals surface area contributed by atoms with Gasteiger partial charge in [-0.1, -0.05) is 114 Å². The summed E-state index contributed by atoms with van der Waals surface area (Å²) in [6, 6.07) is 49.9. The fourth-order valence-corrected chi connectivity index (χ4v) is 6.46. The summed E-state index contributed by atoms with van der Waals surface area (Å²) in [5, 5.41) is 12.8. The maximum atomic E-state index is 10.5. The third-order valence-corrected chi connectivity index (χ3v) is 8.55. The smallest absolute Gasteiger partial charge is 0.165 e. The predicted octanol–water partition coefficient (Wildman–Crippen LogP) is 10.1. The second-order valence-corrected chi connectivity index (χ2v) is 11.8. The molecule has 0 aliphatic heterocycles. The van der Waals surface area contributed by atoms with E-state index in [2.05, 4.69) is 85.1 Å². The molecule has 0 bridgehead atoms. The Morgan fingerprint density at radius 2 is 1.09 bits per heavy atom. The van der Waals surface area contributed by atoms with E-state index in [4.69, 9.17) is 15.0 Å². The molecular weight excluding hydrogens is 574 g/mol. The second kappa shape index (κ2) is 11.5. The van der Waals surface area contributed by atoms with Crippen LogP contribution in [0, 0.1) is 25.2 Å². The molecule has 8 aromatic rings. The Morgan fingerprint density at radius 3 is 1.74 bits per heavy atom. The standard InChI is InChI=1S/C42H29N5/c1-27-21-28(2)23-32(22-27)31-17-20-39-37(25-31)36-15-9-10-16-38(36)47(39)34-18-19-35(33(24-34)26-43)42-45-40(29-11-5-3-6-12-29)44-41(46-42)30-13-7-4-8-14-30/h3-25H,1-2H3. The minimum atomic E-state index is 0.459. The number of nitriles is 1. The molecule has 0 aliphatic rings. The highest BCUT2D eigenvalue weighted by Gasteiger charge is 2.18. The Kier molecular flexibility index (Phi) is 6.89. The first-order valence-electron chi connectivity index (χ1n) is 15.6. The van der Waals surface area contributed by atoms with Crippen molar-refractivity contribution < 1.29 is 0 Å². The van der Waals surface area contributed by atoms with Crippen molar-refractivity contribution in [1.82, 2.24) is 19.5 Å². The van der Waals surface area contributed by atoms with E-state index in [1.807, 2.05) is 78.9 Å². The summed E-state index contributed by atoms with van der Waals surface area (Å²) >= 11 is 0. The van der Waals surface area contributed by atoms with Gasteiger partial charge >= 0.3 is 0 Å². The summed E-state index contributed by atoms with van der Waals surface area (Å²) in [6.45, 7) is 4.28. The number of hydrogen-bond acceptors (Lipinski definition) is 4. The average molecular weight is 604 g/mol. The summed E-state index contributed by atoms with van der Waals surface area (Å²) in [5.41, 5.74) is 10.9. The molecule has 5 nitrogen and oxygen atoms in total. The average Bonchev–Trinajstić information content (AvgIpc) is 3.45. The van der Waals surface area contributed by atoms with E-state index in [0.29, 0.717) is 28.6 Å². The highest BCUT2D eigenvalue weighted by Crippen LogP contribution is 2.36. The van der Waals surface area contributed by atoms with E-state index in [9.17, 15) is 5.26 Å². The van der Waals surface area contributed by atoms with Gasteiger partial charge in [-0.3, -0.25) is 0 Å². The van der Waals surface area contributed by atoms with Crippen molar-refractivity contribution in [3.05, 3.63) is 156 Å². The fourth-order valence-electron chi connectivity index (χ4n) is 6.46. The fraction of sp³-hybridized carbons (Fsp3) is 0.0476. The molecule has 2 aromatic heterocycles. The summed E-state index contributed by atoms with van der Waals surface area (Å²) < 4.78 is 2.23. The van der Waals surface area contributed by atoms with Gasteiger partial charge in [0, 0.05) is 33.2 Å². The predicted molar refractivity (Wildman–Crippen MR) is 190 cm³/mol. The number of fused-ring (bicyclic) bond motifs is 3. The van der Waals surface area contributed by atoms with Crippen LogP contribution in [0.1, 0.15) is 16.7 Å². The molecule has 6 aromatic carbocycles. The van der Waals surface area contributed by atoms with Crippen molar-refractivity contribution in [2.75, 3.05) is 0 Å². The van der Waals surface area contributed by atoms with Crippen molar-refractivity contribution in [1.29, 1.82) is 5.26 Å². The number of rotatable bonds is 5. The first-order valence-corrected chi connectivity index (χ1v) is 15.6. The van der Waals surface area contributed by atoms with Crippen LogP contribution in [0.4, 0.5) is 0 Å². The highest BCUT2D eigenvalue weighted by atomic mass is 15.0. The van der Waals surface area contributed by atoms with E-state index in [-0.39, 0.29) is 0 Å².